The molecule has 5 heteroatoms. The van der Waals surface area contributed by atoms with Crippen LogP contribution in [0, 0.1) is 5.82 Å². The summed E-state index contributed by atoms with van der Waals surface area (Å²) in [4.78, 5) is 2.18. The molecule has 2 N–H and O–H groups in total. The molecule has 2 rings (SSSR count). The van der Waals surface area contributed by atoms with E-state index in [9.17, 15) is 4.39 Å². The number of thiocarbonyl (C=S) groups is 1. The van der Waals surface area contributed by atoms with Gasteiger partial charge in [0.1, 0.15) is 10.8 Å². The van der Waals surface area contributed by atoms with Crippen molar-refractivity contribution in [3.05, 3.63) is 29.6 Å². The maximum absolute atomic E-state index is 13.8. The zero-order valence-corrected chi connectivity index (χ0v) is 9.60. The van der Waals surface area contributed by atoms with E-state index in [0.29, 0.717) is 37.6 Å². The van der Waals surface area contributed by atoms with Gasteiger partial charge in [0.05, 0.1) is 18.9 Å². The number of benzene rings is 1. The first-order valence-corrected chi connectivity index (χ1v) is 5.51. The van der Waals surface area contributed by atoms with Crippen LogP contribution in [0.3, 0.4) is 0 Å². The molecule has 1 heterocycles. The quantitative estimate of drug-likeness (QED) is 0.791. The number of halogens is 1. The van der Waals surface area contributed by atoms with Crippen LogP contribution in [0.5, 0.6) is 0 Å². The van der Waals surface area contributed by atoms with Crippen LogP contribution in [0.2, 0.25) is 0 Å². The molecular weight excluding hydrogens is 227 g/mol. The molecule has 1 aliphatic rings. The highest BCUT2D eigenvalue weighted by Gasteiger charge is 2.15. The van der Waals surface area contributed by atoms with Crippen LogP contribution in [-0.2, 0) is 4.74 Å². The number of rotatable bonds is 2. The lowest BCUT2D eigenvalue weighted by atomic mass is 10.1. The summed E-state index contributed by atoms with van der Waals surface area (Å²) in [6, 6.07) is 4.85. The lowest BCUT2D eigenvalue weighted by Gasteiger charge is -2.29. The number of anilines is 1. The largest absolute Gasteiger partial charge is 0.389 e. The van der Waals surface area contributed by atoms with E-state index < -0.39 is 0 Å². The van der Waals surface area contributed by atoms with Crippen LogP contribution in [0.15, 0.2) is 18.2 Å². The Morgan fingerprint density at radius 1 is 1.38 bits per heavy atom. The summed E-state index contributed by atoms with van der Waals surface area (Å²) < 4.78 is 19.0. The molecule has 1 saturated heterocycles. The first-order valence-electron chi connectivity index (χ1n) is 5.10. The molecule has 0 aliphatic carbocycles. The van der Waals surface area contributed by atoms with E-state index in [-0.39, 0.29) is 10.8 Å². The number of morpholine rings is 1. The average molecular weight is 240 g/mol. The van der Waals surface area contributed by atoms with Crippen molar-refractivity contribution >= 4 is 22.9 Å². The molecule has 3 nitrogen and oxygen atoms in total. The molecule has 86 valence electrons. The number of hydrogen-bond donors (Lipinski definition) is 1. The third kappa shape index (κ3) is 2.31. The fraction of sp³-hybridized carbons (Fsp3) is 0.364. The molecule has 0 saturated carbocycles. The third-order valence-corrected chi connectivity index (χ3v) is 2.82. The lowest BCUT2D eigenvalue weighted by Crippen LogP contribution is -2.36. The predicted octanol–water partition coefficient (Wildman–Crippen LogP) is 1.30. The lowest BCUT2D eigenvalue weighted by molar-refractivity contribution is 0.122. The zero-order valence-electron chi connectivity index (χ0n) is 8.78. The molecule has 1 aliphatic heterocycles. The fourth-order valence-electron chi connectivity index (χ4n) is 1.72. The highest BCUT2D eigenvalue weighted by molar-refractivity contribution is 7.80. The molecule has 1 aromatic carbocycles. The molecular formula is C11H13FN2OS. The SMILES string of the molecule is NC(=S)c1ccc(N2CCOCC2)c(F)c1. The minimum absolute atomic E-state index is 0.215. The Bertz CT molecular complexity index is 405. The van der Waals surface area contributed by atoms with Crippen molar-refractivity contribution in [1.29, 1.82) is 0 Å². The summed E-state index contributed by atoms with van der Waals surface area (Å²) in [5.74, 6) is -0.285. The fourth-order valence-corrected chi connectivity index (χ4v) is 1.85. The van der Waals surface area contributed by atoms with Gasteiger partial charge in [0.25, 0.3) is 0 Å². The van der Waals surface area contributed by atoms with Gasteiger partial charge in [0.15, 0.2) is 0 Å². The number of nitrogens with two attached hydrogens (primary N) is 1. The van der Waals surface area contributed by atoms with Gasteiger partial charge in [-0.05, 0) is 18.2 Å². The van der Waals surface area contributed by atoms with Gasteiger partial charge in [-0.1, -0.05) is 12.2 Å². The molecule has 0 radical (unpaired) electrons. The van der Waals surface area contributed by atoms with Crippen LogP contribution in [0.4, 0.5) is 10.1 Å². The van der Waals surface area contributed by atoms with Crippen LogP contribution in [0.25, 0.3) is 0 Å². The molecule has 0 amide bonds. The Balaban J connectivity index is 2.24. The van der Waals surface area contributed by atoms with Crippen molar-refractivity contribution in [3.8, 4) is 0 Å². The molecule has 0 aromatic heterocycles. The van der Waals surface area contributed by atoms with Crippen LogP contribution >= 0.6 is 12.2 Å². The summed E-state index contributed by atoms with van der Waals surface area (Å²) in [7, 11) is 0. The van der Waals surface area contributed by atoms with E-state index in [2.05, 4.69) is 0 Å². The van der Waals surface area contributed by atoms with Gasteiger partial charge >= 0.3 is 0 Å². The zero-order chi connectivity index (χ0) is 11.5. The smallest absolute Gasteiger partial charge is 0.147 e. The minimum Gasteiger partial charge on any atom is -0.389 e. The van der Waals surface area contributed by atoms with E-state index in [1.165, 1.54) is 6.07 Å². The van der Waals surface area contributed by atoms with Gasteiger partial charge in [-0.3, -0.25) is 0 Å². The van der Waals surface area contributed by atoms with Crippen LogP contribution in [-0.4, -0.2) is 31.3 Å². The Hall–Kier alpha value is -1.20. The van der Waals surface area contributed by atoms with Crippen molar-refractivity contribution in [1.82, 2.24) is 0 Å². The second kappa shape index (κ2) is 4.76. The van der Waals surface area contributed by atoms with Gasteiger partial charge in [0, 0.05) is 18.7 Å². The molecule has 0 bridgehead atoms. The standard InChI is InChI=1S/C11H13FN2OS/c12-9-7-8(11(13)16)1-2-10(9)14-3-5-15-6-4-14/h1-2,7H,3-6H2,(H2,13,16). The van der Waals surface area contributed by atoms with Gasteiger partial charge < -0.3 is 15.4 Å². The Morgan fingerprint density at radius 3 is 2.62 bits per heavy atom. The molecule has 1 aromatic rings. The van der Waals surface area contributed by atoms with E-state index >= 15 is 0 Å². The summed E-state index contributed by atoms with van der Waals surface area (Å²) in [6.45, 7) is 2.69. The second-order valence-corrected chi connectivity index (χ2v) is 4.07. The summed E-state index contributed by atoms with van der Waals surface area (Å²) in [5.41, 5.74) is 6.59. The Morgan fingerprint density at radius 2 is 2.06 bits per heavy atom. The van der Waals surface area contributed by atoms with Crippen molar-refractivity contribution in [3.63, 3.8) is 0 Å². The van der Waals surface area contributed by atoms with Crippen LogP contribution < -0.4 is 10.6 Å². The van der Waals surface area contributed by atoms with Crippen molar-refractivity contribution in [2.75, 3.05) is 31.2 Å². The maximum atomic E-state index is 13.8. The third-order valence-electron chi connectivity index (χ3n) is 2.58. The summed E-state index contributed by atoms with van der Waals surface area (Å²) >= 11 is 4.80. The van der Waals surface area contributed by atoms with Crippen molar-refractivity contribution < 1.29 is 9.13 Å². The summed E-state index contributed by atoms with van der Waals surface area (Å²) in [6.07, 6.45) is 0. The molecule has 0 spiro atoms. The first kappa shape index (κ1) is 11.3. The molecule has 0 atom stereocenters. The Labute approximate surface area is 99.0 Å². The second-order valence-electron chi connectivity index (χ2n) is 3.63. The van der Waals surface area contributed by atoms with Crippen LogP contribution in [0.1, 0.15) is 5.56 Å². The topological polar surface area (TPSA) is 38.5 Å². The predicted molar refractivity (Wildman–Crippen MR) is 65.3 cm³/mol. The maximum Gasteiger partial charge on any atom is 0.147 e. The van der Waals surface area contributed by atoms with Gasteiger partial charge in [-0.2, -0.15) is 0 Å². The molecule has 0 unspecified atom stereocenters. The average Bonchev–Trinajstić information content (AvgIpc) is 2.30. The summed E-state index contributed by atoms with van der Waals surface area (Å²) in [5, 5.41) is 0. The van der Waals surface area contributed by atoms with E-state index in [4.69, 9.17) is 22.7 Å². The Kier molecular flexibility index (Phi) is 3.36. The van der Waals surface area contributed by atoms with Crippen molar-refractivity contribution in [2.24, 2.45) is 5.73 Å². The van der Waals surface area contributed by atoms with E-state index in [1.807, 2.05) is 4.90 Å². The number of hydrogen-bond acceptors (Lipinski definition) is 3. The highest BCUT2D eigenvalue weighted by Crippen LogP contribution is 2.21. The van der Waals surface area contributed by atoms with Gasteiger partial charge in [-0.15, -0.1) is 0 Å². The van der Waals surface area contributed by atoms with E-state index in [1.54, 1.807) is 12.1 Å². The monoisotopic (exact) mass is 240 g/mol. The number of nitrogens with zero attached hydrogens (tertiary/aromatic N) is 1. The molecule has 16 heavy (non-hydrogen) atoms. The van der Waals surface area contributed by atoms with E-state index in [0.717, 1.165) is 0 Å². The minimum atomic E-state index is -0.285. The number of ether oxygens (including phenoxy) is 1. The first-order chi connectivity index (χ1) is 7.68. The highest BCUT2D eigenvalue weighted by atomic mass is 32.1. The molecule has 1 fully saturated rings. The normalized spacial score (nSPS) is 16.2. The van der Waals surface area contributed by atoms with Gasteiger partial charge in [-0.25, -0.2) is 4.39 Å². The van der Waals surface area contributed by atoms with Gasteiger partial charge in [0.2, 0.25) is 0 Å². The van der Waals surface area contributed by atoms with Crippen molar-refractivity contribution in [2.45, 2.75) is 0 Å².